The van der Waals surface area contributed by atoms with Crippen LogP contribution in [0.1, 0.15) is 0 Å². The van der Waals surface area contributed by atoms with Gasteiger partial charge in [-0.3, -0.25) is 0 Å². The molecule has 0 amide bonds. The molecule has 12 rings (SSSR count). The van der Waals surface area contributed by atoms with Crippen molar-refractivity contribution in [3.63, 3.8) is 0 Å². The summed E-state index contributed by atoms with van der Waals surface area (Å²) >= 11 is 0. The van der Waals surface area contributed by atoms with E-state index in [0.29, 0.717) is 0 Å². The number of hydrogen-bond acceptors (Lipinski definition) is 0. The predicted molar refractivity (Wildman–Crippen MR) is 262 cm³/mol. The number of fused-ring (bicyclic) bond motifs is 6. The first kappa shape index (κ1) is 35.7. The van der Waals surface area contributed by atoms with E-state index >= 15 is 0 Å². The van der Waals surface area contributed by atoms with Crippen molar-refractivity contribution in [2.24, 2.45) is 0 Å². The molecule has 0 atom stereocenters. The fourth-order valence-electron chi connectivity index (χ4n) is 9.49. The van der Waals surface area contributed by atoms with Gasteiger partial charge in [0.2, 0.25) is 0 Å². The van der Waals surface area contributed by atoms with Crippen molar-refractivity contribution in [3.8, 4) is 67.0 Å². The molecule has 0 bridgehead atoms. The Balaban J connectivity index is 0.997. The second-order valence-corrected chi connectivity index (χ2v) is 16.2. The van der Waals surface area contributed by atoms with Crippen LogP contribution in [-0.4, -0.2) is 9.13 Å². The zero-order chi connectivity index (χ0) is 41.0. The molecule has 0 aliphatic rings. The van der Waals surface area contributed by atoms with Crippen LogP contribution in [-0.2, 0) is 0 Å². The molecule has 0 saturated carbocycles. The number of aromatic nitrogens is 2. The fraction of sp³-hybridized carbons (Fsp3) is 0. The minimum Gasteiger partial charge on any atom is -0.309 e. The summed E-state index contributed by atoms with van der Waals surface area (Å²) in [6.07, 6.45) is 0. The lowest BCUT2D eigenvalue weighted by atomic mass is 9.99. The maximum atomic E-state index is 2.44. The topological polar surface area (TPSA) is 9.86 Å². The summed E-state index contributed by atoms with van der Waals surface area (Å²) in [5.41, 5.74) is 19.1. The maximum Gasteiger partial charge on any atom is 0.0541 e. The highest BCUT2D eigenvalue weighted by molar-refractivity contribution is 6.13. The van der Waals surface area contributed by atoms with E-state index in [1.807, 2.05) is 0 Å². The summed E-state index contributed by atoms with van der Waals surface area (Å²) in [5.74, 6) is 0. The minimum atomic E-state index is 1.14. The number of hydrogen-bond donors (Lipinski definition) is 0. The maximum absolute atomic E-state index is 2.44. The van der Waals surface area contributed by atoms with Crippen molar-refractivity contribution in [2.75, 3.05) is 0 Å². The molecule has 12 aromatic rings. The highest BCUT2D eigenvalue weighted by Crippen LogP contribution is 2.40. The summed E-state index contributed by atoms with van der Waals surface area (Å²) in [6, 6.07) is 88.4. The monoisotopic (exact) mass is 788 g/mol. The van der Waals surface area contributed by atoms with Crippen molar-refractivity contribution >= 4 is 43.6 Å². The first-order valence-corrected chi connectivity index (χ1v) is 21.3. The number of nitrogens with zero attached hydrogens (tertiary/aromatic N) is 2. The van der Waals surface area contributed by atoms with Crippen molar-refractivity contribution in [1.82, 2.24) is 9.13 Å². The first-order chi connectivity index (χ1) is 30.7. The Morgan fingerprint density at radius 1 is 0.177 bits per heavy atom. The first-order valence-electron chi connectivity index (χ1n) is 21.3. The van der Waals surface area contributed by atoms with Gasteiger partial charge in [0.25, 0.3) is 0 Å². The molecular weight excluding hydrogens is 749 g/mol. The van der Waals surface area contributed by atoms with Crippen LogP contribution >= 0.6 is 0 Å². The van der Waals surface area contributed by atoms with Crippen molar-refractivity contribution in [1.29, 1.82) is 0 Å². The third-order valence-corrected chi connectivity index (χ3v) is 12.5. The molecule has 0 fully saturated rings. The molecule has 2 heterocycles. The average molecular weight is 789 g/mol. The van der Waals surface area contributed by atoms with Gasteiger partial charge in [0.05, 0.1) is 22.1 Å². The molecule has 0 spiro atoms. The van der Waals surface area contributed by atoms with Crippen LogP contribution in [0, 0.1) is 0 Å². The van der Waals surface area contributed by atoms with Crippen LogP contribution in [0.4, 0.5) is 0 Å². The van der Waals surface area contributed by atoms with Crippen LogP contribution in [0.25, 0.3) is 111 Å². The summed E-state index contributed by atoms with van der Waals surface area (Å²) in [6.45, 7) is 0. The standard InChI is InChI=1S/C60H40N2/c1-4-14-41(15-5-1)44-26-28-45(29-27-44)47-21-13-23-52(37-47)62-59-33-30-48(43-18-8-3-9-19-43)38-55(59)56-40-50(32-35-60(56)62)49-31-34-58-54(39-49)53-24-10-11-25-57(53)61(58)51-22-12-20-46(36-51)42-16-6-2-7-17-42/h1-40H. The van der Waals surface area contributed by atoms with Crippen molar-refractivity contribution in [2.45, 2.75) is 0 Å². The van der Waals surface area contributed by atoms with Gasteiger partial charge >= 0.3 is 0 Å². The van der Waals surface area contributed by atoms with E-state index in [-0.39, 0.29) is 0 Å². The normalized spacial score (nSPS) is 11.5. The lowest BCUT2D eigenvalue weighted by Crippen LogP contribution is -1.94. The van der Waals surface area contributed by atoms with Crippen LogP contribution in [0.2, 0.25) is 0 Å². The van der Waals surface area contributed by atoms with Crippen LogP contribution in [0.5, 0.6) is 0 Å². The van der Waals surface area contributed by atoms with Gasteiger partial charge in [-0.2, -0.15) is 0 Å². The summed E-state index contributed by atoms with van der Waals surface area (Å²) in [5, 5.41) is 4.95. The van der Waals surface area contributed by atoms with Gasteiger partial charge < -0.3 is 9.13 Å². The van der Waals surface area contributed by atoms with Crippen molar-refractivity contribution in [3.05, 3.63) is 243 Å². The lowest BCUT2D eigenvalue weighted by molar-refractivity contribution is 1.18. The van der Waals surface area contributed by atoms with E-state index in [4.69, 9.17) is 0 Å². The molecule has 0 radical (unpaired) electrons. The summed E-state index contributed by atoms with van der Waals surface area (Å²) < 4.78 is 4.85. The average Bonchev–Trinajstić information content (AvgIpc) is 3.87. The van der Waals surface area contributed by atoms with Crippen molar-refractivity contribution < 1.29 is 0 Å². The molecular formula is C60H40N2. The zero-order valence-corrected chi connectivity index (χ0v) is 34.0. The smallest absolute Gasteiger partial charge is 0.0541 e. The van der Waals surface area contributed by atoms with Gasteiger partial charge in [-0.15, -0.1) is 0 Å². The van der Waals surface area contributed by atoms with E-state index in [1.165, 1.54) is 99.2 Å². The molecule has 2 aromatic heterocycles. The van der Waals surface area contributed by atoms with E-state index in [9.17, 15) is 0 Å². The van der Waals surface area contributed by atoms with Crippen LogP contribution < -0.4 is 0 Å². The van der Waals surface area contributed by atoms with E-state index in [0.717, 1.165) is 11.4 Å². The molecule has 2 heteroatoms. The lowest BCUT2D eigenvalue weighted by Gasteiger charge is -2.12. The third kappa shape index (κ3) is 6.12. The molecule has 0 aliphatic heterocycles. The molecule has 10 aromatic carbocycles. The SMILES string of the molecule is c1ccc(-c2ccc(-c3cccc(-n4c5ccc(-c6ccccc6)cc5c5cc(-c6ccc7c(c6)c6ccccc6n7-c6cccc(-c7ccccc7)c6)ccc54)c3)cc2)cc1. The number of rotatable bonds is 7. The Morgan fingerprint density at radius 2 is 0.468 bits per heavy atom. The van der Waals surface area contributed by atoms with E-state index < -0.39 is 0 Å². The number of benzene rings is 10. The Hall–Kier alpha value is -8.20. The van der Waals surface area contributed by atoms with Gasteiger partial charge in [-0.1, -0.05) is 176 Å². The molecule has 0 unspecified atom stereocenters. The van der Waals surface area contributed by atoms with Gasteiger partial charge in [-0.25, -0.2) is 0 Å². The Bertz CT molecular complexity index is 3600. The largest absolute Gasteiger partial charge is 0.309 e. The van der Waals surface area contributed by atoms with Gasteiger partial charge in [0, 0.05) is 32.9 Å². The van der Waals surface area contributed by atoms with Gasteiger partial charge in [0.15, 0.2) is 0 Å². The molecule has 62 heavy (non-hydrogen) atoms. The fourth-order valence-corrected chi connectivity index (χ4v) is 9.49. The predicted octanol–water partition coefficient (Wildman–Crippen LogP) is 16.2. The quantitative estimate of drug-likeness (QED) is 0.152. The second kappa shape index (κ2) is 14.8. The molecule has 0 saturated heterocycles. The molecule has 2 nitrogen and oxygen atoms in total. The Labute approximate surface area is 360 Å². The molecule has 290 valence electrons. The molecule has 0 aliphatic carbocycles. The zero-order valence-electron chi connectivity index (χ0n) is 34.0. The van der Waals surface area contributed by atoms with Crippen LogP contribution in [0.3, 0.4) is 0 Å². The van der Waals surface area contributed by atoms with E-state index in [1.54, 1.807) is 0 Å². The summed E-state index contributed by atoms with van der Waals surface area (Å²) in [4.78, 5) is 0. The Kier molecular flexibility index (Phi) is 8.53. The van der Waals surface area contributed by atoms with Crippen LogP contribution in [0.15, 0.2) is 243 Å². The number of para-hydroxylation sites is 1. The summed E-state index contributed by atoms with van der Waals surface area (Å²) in [7, 11) is 0. The van der Waals surface area contributed by atoms with Gasteiger partial charge in [0.1, 0.15) is 0 Å². The minimum absolute atomic E-state index is 1.14. The highest BCUT2D eigenvalue weighted by atomic mass is 15.0. The van der Waals surface area contributed by atoms with Gasteiger partial charge in [-0.05, 0) is 122 Å². The molecule has 0 N–H and O–H groups in total. The highest BCUT2D eigenvalue weighted by Gasteiger charge is 2.18. The Morgan fingerprint density at radius 3 is 0.935 bits per heavy atom. The third-order valence-electron chi connectivity index (χ3n) is 12.5. The second-order valence-electron chi connectivity index (χ2n) is 16.2. The van der Waals surface area contributed by atoms with E-state index in [2.05, 4.69) is 252 Å².